The molecule has 0 bridgehead atoms. The molecule has 98 valence electrons. The Bertz CT molecular complexity index is 240. The van der Waals surface area contributed by atoms with Gasteiger partial charge in [0.2, 0.25) is 0 Å². The molecule has 1 unspecified atom stereocenters. The zero-order valence-corrected chi connectivity index (χ0v) is 11.4. The summed E-state index contributed by atoms with van der Waals surface area (Å²) in [6.45, 7) is 2.59. The molecule has 0 aromatic carbocycles. The molecule has 0 N–H and O–H groups in total. The van der Waals surface area contributed by atoms with Gasteiger partial charge in [-0.15, -0.1) is 0 Å². The lowest BCUT2D eigenvalue weighted by Crippen LogP contribution is -2.04. The quantitative estimate of drug-likeness (QED) is 0.327. The second kappa shape index (κ2) is 10.4. The van der Waals surface area contributed by atoms with Gasteiger partial charge < -0.3 is 0 Å². The van der Waals surface area contributed by atoms with Gasteiger partial charge in [0.15, 0.2) is 8.77 Å². The molecule has 0 aromatic rings. The summed E-state index contributed by atoms with van der Waals surface area (Å²) in [5.74, 6) is 0. The minimum absolute atomic E-state index is 0.415. The van der Waals surface area contributed by atoms with E-state index in [1.54, 1.807) is 0 Å². The maximum Gasteiger partial charge on any atom is 0.174 e. The predicted octanol–water partition coefficient (Wildman–Crippen LogP) is 2.45. The van der Waals surface area contributed by atoms with E-state index in [9.17, 15) is 4.21 Å². The molecule has 0 saturated heterocycles. The second-order valence-electron chi connectivity index (χ2n) is 3.50. The number of hydrogen-bond acceptors (Lipinski definition) is 6. The van der Waals surface area contributed by atoms with E-state index in [1.807, 2.05) is 0 Å². The smallest absolute Gasteiger partial charge is 0.174 e. The Morgan fingerprint density at radius 1 is 1.06 bits per heavy atom. The van der Waals surface area contributed by atoms with E-state index < -0.39 is 8.77 Å². The minimum atomic E-state index is -2.83. The molecule has 0 aliphatic carbocycles. The molecular weight excluding hydrogens is 252 g/mol. The van der Waals surface area contributed by atoms with E-state index in [2.05, 4.69) is 37.4 Å². The van der Waals surface area contributed by atoms with Crippen molar-refractivity contribution in [2.24, 2.45) is 0 Å². The third-order valence-electron chi connectivity index (χ3n) is 1.81. The Morgan fingerprint density at radius 3 is 2.31 bits per heavy atom. The summed E-state index contributed by atoms with van der Waals surface area (Å²) in [5.41, 5.74) is 0. The van der Waals surface area contributed by atoms with Crippen LogP contribution in [0.3, 0.4) is 0 Å². The first-order chi connectivity index (χ1) is 7.56. The Labute approximate surface area is 102 Å². The van der Waals surface area contributed by atoms with Crippen molar-refractivity contribution >= 4 is 20.0 Å². The van der Waals surface area contributed by atoms with E-state index in [0.29, 0.717) is 6.61 Å². The highest BCUT2D eigenvalue weighted by molar-refractivity contribution is 8.29. The van der Waals surface area contributed by atoms with Gasteiger partial charge in [-0.2, -0.15) is 0 Å². The minimum Gasteiger partial charge on any atom is -0.226 e. The molecule has 1 atom stereocenters. The fourth-order valence-electron chi connectivity index (χ4n) is 1.06. The zero-order valence-electron chi connectivity index (χ0n) is 9.81. The van der Waals surface area contributed by atoms with E-state index in [0.717, 1.165) is 12.8 Å². The van der Waals surface area contributed by atoms with Crippen LogP contribution >= 0.6 is 0 Å². The number of rotatable bonds is 11. The van der Waals surface area contributed by atoms with Crippen molar-refractivity contribution in [2.45, 2.75) is 45.4 Å². The molecule has 7 heteroatoms. The van der Waals surface area contributed by atoms with Gasteiger partial charge in [0.1, 0.15) is 0 Å². The number of hydrogen-bond donors (Lipinski definition) is 0. The van der Waals surface area contributed by atoms with Crippen molar-refractivity contribution in [3.8, 4) is 0 Å². The lowest BCUT2D eigenvalue weighted by Gasteiger charge is -2.02. The van der Waals surface area contributed by atoms with Gasteiger partial charge in [-0.3, -0.25) is 0 Å². The highest BCUT2D eigenvalue weighted by Crippen LogP contribution is 2.05. The average Bonchev–Trinajstić information content (AvgIpc) is 2.19. The van der Waals surface area contributed by atoms with Crippen LogP contribution in [-0.2, 0) is 39.3 Å². The summed E-state index contributed by atoms with van der Waals surface area (Å²) in [7, 11) is -2.83. The largest absolute Gasteiger partial charge is 0.226 e. The molecule has 0 radical (unpaired) electrons. The molecule has 0 heterocycles. The Kier molecular flexibility index (Phi) is 10.5. The molecule has 0 amide bonds. The average molecular weight is 272 g/mol. The molecule has 0 rings (SSSR count). The normalized spacial score (nSPS) is 14.9. The summed E-state index contributed by atoms with van der Waals surface area (Å²) >= 11 is 4.39. The third-order valence-corrected chi connectivity index (χ3v) is 2.28. The first-order valence-corrected chi connectivity index (χ1v) is 8.22. The van der Waals surface area contributed by atoms with Gasteiger partial charge in [-0.25, -0.2) is 9.10 Å². The van der Waals surface area contributed by atoms with E-state index in [4.69, 9.17) is 0 Å². The van der Waals surface area contributed by atoms with Crippen molar-refractivity contribution in [3.63, 3.8) is 0 Å². The van der Waals surface area contributed by atoms with Gasteiger partial charge in [-0.05, 0) is 16.5 Å². The fraction of sp³-hybridized carbons (Fsp3) is 1.00. The van der Waals surface area contributed by atoms with Crippen LogP contribution in [0.4, 0.5) is 0 Å². The van der Waals surface area contributed by atoms with Crippen LogP contribution in [0.25, 0.3) is 0 Å². The van der Waals surface area contributed by atoms with Crippen molar-refractivity contribution in [1.29, 1.82) is 0 Å². The highest BCUT2D eigenvalue weighted by Gasteiger charge is 1.99. The lowest BCUT2D eigenvalue weighted by molar-refractivity contribution is -0.606. The molecule has 0 aliphatic heterocycles. The maximum absolute atomic E-state index is 10.8. The summed E-state index contributed by atoms with van der Waals surface area (Å²) < 4.78 is 14.9. The van der Waals surface area contributed by atoms with Crippen LogP contribution < -0.4 is 0 Å². The van der Waals surface area contributed by atoms with Crippen LogP contribution in [0.5, 0.6) is 0 Å². The van der Waals surface area contributed by atoms with Crippen molar-refractivity contribution < 1.29 is 23.5 Å². The van der Waals surface area contributed by atoms with Gasteiger partial charge in [0.25, 0.3) is 0 Å². The summed E-state index contributed by atoms with van der Waals surface area (Å²) in [6, 6.07) is 0. The van der Waals surface area contributed by atoms with Gasteiger partial charge >= 0.3 is 0 Å². The van der Waals surface area contributed by atoms with Crippen molar-refractivity contribution in [2.75, 3.05) is 12.9 Å². The Hall–Kier alpha value is 0.210. The maximum atomic E-state index is 10.8. The molecule has 0 fully saturated rings. The predicted molar refractivity (Wildman–Crippen MR) is 64.0 cm³/mol. The summed E-state index contributed by atoms with van der Waals surface area (Å²) in [4.78, 5) is 4.62. The van der Waals surface area contributed by atoms with Crippen LogP contribution in [0, 0.1) is 0 Å². The topological polar surface area (TPSA) is 54.0 Å². The van der Waals surface area contributed by atoms with Gasteiger partial charge in [0.05, 0.1) is 6.61 Å². The standard InChI is InChI=1S/C9H20O5S2/c1-3-4-5-6-7-8-9-11-12-13-14-16(2,10)15/h3-9H2,1-2H3. The SMILES string of the molecule is CCCCCCCCOOOOS(C)(=O)=S. The van der Waals surface area contributed by atoms with Crippen molar-refractivity contribution in [1.82, 2.24) is 0 Å². The Balaban J connectivity index is 3.05. The summed E-state index contributed by atoms with van der Waals surface area (Å²) in [5, 5.41) is 8.21. The third kappa shape index (κ3) is 14.2. The lowest BCUT2D eigenvalue weighted by atomic mass is 10.1. The molecule has 0 spiro atoms. The van der Waals surface area contributed by atoms with Crippen LogP contribution in [0.15, 0.2) is 0 Å². The van der Waals surface area contributed by atoms with Crippen molar-refractivity contribution in [3.05, 3.63) is 0 Å². The molecule has 16 heavy (non-hydrogen) atoms. The van der Waals surface area contributed by atoms with Gasteiger partial charge in [-0.1, -0.05) is 43.4 Å². The van der Waals surface area contributed by atoms with E-state index in [1.165, 1.54) is 31.9 Å². The highest BCUT2D eigenvalue weighted by atomic mass is 32.8. The molecule has 0 aromatic heterocycles. The zero-order chi connectivity index (χ0) is 12.3. The first-order valence-electron chi connectivity index (χ1n) is 5.40. The Morgan fingerprint density at radius 2 is 1.69 bits per heavy atom. The monoisotopic (exact) mass is 272 g/mol. The molecule has 0 saturated carbocycles. The van der Waals surface area contributed by atoms with Crippen LogP contribution in [0.1, 0.15) is 45.4 Å². The van der Waals surface area contributed by atoms with E-state index in [-0.39, 0.29) is 0 Å². The fourth-order valence-corrected chi connectivity index (χ4v) is 1.25. The number of unbranched alkanes of at least 4 members (excludes halogenated alkanes) is 5. The van der Waals surface area contributed by atoms with Crippen LogP contribution in [-0.4, -0.2) is 17.1 Å². The van der Waals surface area contributed by atoms with Crippen LogP contribution in [0.2, 0.25) is 0 Å². The summed E-state index contributed by atoms with van der Waals surface area (Å²) in [6.07, 6.45) is 8.16. The first kappa shape index (κ1) is 16.2. The molecule has 0 aliphatic rings. The second-order valence-corrected chi connectivity index (χ2v) is 6.86. The van der Waals surface area contributed by atoms with E-state index >= 15 is 0 Å². The van der Waals surface area contributed by atoms with Gasteiger partial charge in [0, 0.05) is 17.4 Å². The molecular formula is C9H20O5S2. The molecule has 5 nitrogen and oxygen atoms in total.